The van der Waals surface area contributed by atoms with Crippen molar-refractivity contribution in [2.75, 3.05) is 96.6 Å². The third-order valence-electron chi connectivity index (χ3n) is 20.8. The first-order valence-electron chi connectivity index (χ1n) is 44.3. The monoisotopic (exact) mass is 1460 g/mol. The molecule has 1 aliphatic rings. The van der Waals surface area contributed by atoms with Crippen molar-refractivity contribution in [3.05, 3.63) is 48.6 Å². The zero-order chi connectivity index (χ0) is 72.9. The quantitative estimate of drug-likeness (QED) is 0.0201. The van der Waals surface area contributed by atoms with E-state index in [1.54, 1.807) is 0 Å². The first-order chi connectivity index (χ1) is 49.7. The predicted octanol–water partition coefficient (Wildman–Crippen LogP) is 24.1. The Morgan fingerprint density at radius 3 is 0.891 bits per heavy atom. The second kappa shape index (κ2) is 79.8. The standard InChI is InChI=1S/C89H172N4O6S2/c1-5-9-13-17-21-25-29-33-37-41-45-49-53-57-65-85(94)81-92(82-86(95)66-58-54-50-46-42-38-34-30-26-22-18-14-10-6-2)70-62-61-69-89(98)99-78-76-90-72-74-91(75-73-90)77-80-101-100-79-64-63-71-93(83-87(96)67-59-55-51-47-43-39-35-31-27-23-19-15-11-7-3)84-88(97)68-60-56-52-48-44-40-36-32-28-24-20-16-12-8-4/h33-40,85-88,94-97H,5-32,41-84H2,1-4H3/b37-33-,38-34-,39-35-,40-36-. The van der Waals surface area contributed by atoms with Crippen LogP contribution in [0.4, 0.5) is 0 Å². The van der Waals surface area contributed by atoms with Crippen molar-refractivity contribution in [2.24, 2.45) is 0 Å². The Morgan fingerprint density at radius 1 is 0.327 bits per heavy atom. The molecule has 0 amide bonds. The maximum atomic E-state index is 12.9. The van der Waals surface area contributed by atoms with Gasteiger partial charge in [0.2, 0.25) is 0 Å². The Balaban J connectivity index is 2.43. The number of carbonyl (C=O) groups is 1. The minimum Gasteiger partial charge on any atom is -0.464 e. The highest BCUT2D eigenvalue weighted by molar-refractivity contribution is 8.76. The summed E-state index contributed by atoms with van der Waals surface area (Å²) in [6.07, 6.45) is 86.1. The van der Waals surface area contributed by atoms with Gasteiger partial charge in [-0.3, -0.25) is 24.4 Å². The van der Waals surface area contributed by atoms with Gasteiger partial charge in [-0.05, 0) is 167 Å². The van der Waals surface area contributed by atoms with Gasteiger partial charge in [-0.15, -0.1) is 0 Å². The number of carbonyl (C=O) groups excluding carboxylic acids is 1. The molecule has 1 saturated heterocycles. The van der Waals surface area contributed by atoms with E-state index in [4.69, 9.17) is 4.74 Å². The van der Waals surface area contributed by atoms with E-state index in [0.717, 1.165) is 167 Å². The molecule has 0 aromatic heterocycles. The first-order valence-corrected chi connectivity index (χ1v) is 46.8. The van der Waals surface area contributed by atoms with Gasteiger partial charge in [-0.2, -0.15) is 0 Å². The summed E-state index contributed by atoms with van der Waals surface area (Å²) in [5.74, 6) is 2.13. The van der Waals surface area contributed by atoms with Gasteiger partial charge in [0.1, 0.15) is 6.61 Å². The summed E-state index contributed by atoms with van der Waals surface area (Å²) in [7, 11) is 3.99. The number of allylic oxidation sites excluding steroid dienone is 8. The zero-order valence-corrected chi connectivity index (χ0v) is 69.2. The van der Waals surface area contributed by atoms with Crippen molar-refractivity contribution in [1.82, 2.24) is 19.6 Å². The molecular weight excluding hydrogens is 1290 g/mol. The molecule has 101 heavy (non-hydrogen) atoms. The summed E-state index contributed by atoms with van der Waals surface area (Å²) < 4.78 is 5.77. The largest absolute Gasteiger partial charge is 0.464 e. The Labute approximate surface area is 636 Å². The summed E-state index contributed by atoms with van der Waals surface area (Å²) >= 11 is 0. The number of hydrogen-bond donors (Lipinski definition) is 4. The van der Waals surface area contributed by atoms with Crippen molar-refractivity contribution >= 4 is 27.6 Å². The van der Waals surface area contributed by atoms with E-state index in [1.165, 1.54) is 257 Å². The maximum Gasteiger partial charge on any atom is 0.305 e. The molecule has 0 bridgehead atoms. The molecule has 0 aromatic rings. The third kappa shape index (κ3) is 72.8. The predicted molar refractivity (Wildman–Crippen MR) is 448 cm³/mol. The number of aliphatic hydroxyl groups excluding tert-OH is 4. The number of hydrogen-bond acceptors (Lipinski definition) is 12. The van der Waals surface area contributed by atoms with Gasteiger partial charge in [0.25, 0.3) is 0 Å². The van der Waals surface area contributed by atoms with Crippen LogP contribution in [0.1, 0.15) is 394 Å². The van der Waals surface area contributed by atoms with Crippen molar-refractivity contribution in [3.8, 4) is 0 Å². The summed E-state index contributed by atoms with van der Waals surface area (Å²) in [5.41, 5.74) is 0. The van der Waals surface area contributed by atoms with Gasteiger partial charge in [0, 0.05) is 83.4 Å². The highest BCUT2D eigenvalue weighted by Gasteiger charge is 2.20. The van der Waals surface area contributed by atoms with Gasteiger partial charge in [-0.1, -0.05) is 303 Å². The molecule has 4 N–H and O–H groups in total. The SMILES string of the molecule is CCCCCCCC/C=C\CCCCCCC(O)CN(CCCCSSCCN1CCN(CCOC(=O)CCCCN(CC(O)CCCCCC/C=C\CCCCCCCC)CC(O)CCCCCC/C=C\CCCCCCCC)CC1)CC(O)CCCCCC/C=C\CCCCCCCC. The van der Waals surface area contributed by atoms with E-state index < -0.39 is 12.2 Å². The van der Waals surface area contributed by atoms with E-state index in [-0.39, 0.29) is 18.2 Å². The highest BCUT2D eigenvalue weighted by Crippen LogP contribution is 2.24. The van der Waals surface area contributed by atoms with Crippen LogP contribution in [0.5, 0.6) is 0 Å². The molecule has 12 heteroatoms. The molecule has 0 aromatic carbocycles. The summed E-state index contributed by atoms with van der Waals surface area (Å²) in [4.78, 5) is 22.6. The molecule has 1 rings (SSSR count). The van der Waals surface area contributed by atoms with Crippen molar-refractivity contribution in [1.29, 1.82) is 0 Å². The molecule has 10 nitrogen and oxygen atoms in total. The molecule has 1 aliphatic heterocycles. The molecule has 4 unspecified atom stereocenters. The van der Waals surface area contributed by atoms with Gasteiger partial charge in [0.15, 0.2) is 0 Å². The number of nitrogens with zero attached hydrogens (tertiary/aromatic N) is 4. The third-order valence-corrected chi connectivity index (χ3v) is 23.3. The van der Waals surface area contributed by atoms with Crippen molar-refractivity contribution in [2.45, 2.75) is 418 Å². The molecule has 0 radical (unpaired) electrons. The summed E-state index contributed by atoms with van der Waals surface area (Å²) in [6, 6.07) is 0. The van der Waals surface area contributed by atoms with Crippen LogP contribution in [-0.4, -0.2) is 167 Å². The fraction of sp³-hybridized carbons (Fsp3) is 0.899. The van der Waals surface area contributed by atoms with Crippen molar-refractivity contribution < 1.29 is 30.0 Å². The number of aliphatic hydroxyl groups is 4. The van der Waals surface area contributed by atoms with Gasteiger partial charge < -0.3 is 25.2 Å². The number of ether oxygens (including phenoxy) is 1. The number of esters is 1. The topological polar surface area (TPSA) is 120 Å². The minimum atomic E-state index is -0.401. The Kier molecular flexibility index (Phi) is 77.3. The zero-order valence-electron chi connectivity index (χ0n) is 67.6. The molecule has 0 aliphatic carbocycles. The molecule has 1 fully saturated rings. The number of piperazine rings is 1. The van der Waals surface area contributed by atoms with Gasteiger partial charge >= 0.3 is 5.97 Å². The van der Waals surface area contributed by atoms with Crippen LogP contribution in [-0.2, 0) is 9.53 Å². The molecular formula is C89H172N4O6S2. The Bertz CT molecular complexity index is 1690. The molecule has 0 spiro atoms. The lowest BCUT2D eigenvalue weighted by Gasteiger charge is -2.34. The van der Waals surface area contributed by atoms with Crippen LogP contribution in [0.25, 0.3) is 0 Å². The first kappa shape index (κ1) is 97.8. The number of rotatable bonds is 81. The molecule has 4 atom stereocenters. The second-order valence-corrected chi connectivity index (χ2v) is 33.6. The average Bonchev–Trinajstić information content (AvgIpc) is 1.08. The lowest BCUT2D eigenvalue weighted by molar-refractivity contribution is -0.144. The Morgan fingerprint density at radius 2 is 0.584 bits per heavy atom. The van der Waals surface area contributed by atoms with Crippen LogP contribution < -0.4 is 0 Å². The van der Waals surface area contributed by atoms with Crippen LogP contribution in [0.15, 0.2) is 48.6 Å². The minimum absolute atomic E-state index is 0.116. The van der Waals surface area contributed by atoms with Crippen LogP contribution in [0.3, 0.4) is 0 Å². The van der Waals surface area contributed by atoms with E-state index in [2.05, 4.69) is 95.9 Å². The lowest BCUT2D eigenvalue weighted by atomic mass is 10.1. The van der Waals surface area contributed by atoms with E-state index >= 15 is 0 Å². The fourth-order valence-electron chi connectivity index (χ4n) is 14.1. The second-order valence-electron chi connectivity index (χ2n) is 30.9. The smallest absolute Gasteiger partial charge is 0.305 e. The molecule has 596 valence electrons. The normalized spacial score (nSPS) is 14.8. The lowest BCUT2D eigenvalue weighted by Crippen LogP contribution is -2.47. The summed E-state index contributed by atoms with van der Waals surface area (Å²) in [6.45, 7) is 19.8. The summed E-state index contributed by atoms with van der Waals surface area (Å²) in [5, 5.41) is 44.8. The van der Waals surface area contributed by atoms with E-state index in [1.807, 2.05) is 21.6 Å². The van der Waals surface area contributed by atoms with Gasteiger partial charge in [-0.25, -0.2) is 0 Å². The maximum absolute atomic E-state index is 12.9. The van der Waals surface area contributed by atoms with Gasteiger partial charge in [0.05, 0.1) is 24.4 Å². The van der Waals surface area contributed by atoms with Crippen LogP contribution in [0, 0.1) is 0 Å². The molecule has 0 saturated carbocycles. The highest BCUT2D eigenvalue weighted by atomic mass is 33.1. The number of unbranched alkanes of at least 4 members (excludes halogenated alkanes) is 42. The van der Waals surface area contributed by atoms with E-state index in [0.29, 0.717) is 39.2 Å². The van der Waals surface area contributed by atoms with Crippen molar-refractivity contribution in [3.63, 3.8) is 0 Å². The van der Waals surface area contributed by atoms with Crippen LogP contribution >= 0.6 is 21.6 Å². The van der Waals surface area contributed by atoms with E-state index in [9.17, 15) is 25.2 Å². The molecule has 1 heterocycles. The van der Waals surface area contributed by atoms with Crippen LogP contribution in [0.2, 0.25) is 0 Å². The average molecular weight is 1460 g/mol. The Hall–Kier alpha value is -1.19. The fourth-order valence-corrected chi connectivity index (χ4v) is 16.3.